The van der Waals surface area contributed by atoms with Crippen LogP contribution in [-0.4, -0.2) is 28.5 Å². The molecule has 0 amide bonds. The van der Waals surface area contributed by atoms with Crippen LogP contribution in [0.2, 0.25) is 0 Å². The van der Waals surface area contributed by atoms with Gasteiger partial charge in [0.05, 0.1) is 0 Å². The fraction of sp³-hybridized carbons (Fsp3) is 0.143. The van der Waals surface area contributed by atoms with Crippen molar-refractivity contribution in [1.82, 2.24) is 9.97 Å². The molecule has 0 bridgehead atoms. The first kappa shape index (κ1) is 6.15. The predicted octanol–water partition coefficient (Wildman–Crippen LogP) is 0.0918. The SMILES string of the molecule is O=C1CN=Cc2cncnc21. The van der Waals surface area contributed by atoms with Gasteiger partial charge in [-0.2, -0.15) is 0 Å². The molecular weight excluding hydrogens is 142 g/mol. The zero-order valence-corrected chi connectivity index (χ0v) is 5.69. The highest BCUT2D eigenvalue weighted by Crippen LogP contribution is 2.05. The molecule has 1 aliphatic heterocycles. The van der Waals surface area contributed by atoms with E-state index in [9.17, 15) is 4.79 Å². The van der Waals surface area contributed by atoms with Crippen molar-refractivity contribution in [2.24, 2.45) is 4.99 Å². The number of rotatable bonds is 0. The van der Waals surface area contributed by atoms with Gasteiger partial charge >= 0.3 is 0 Å². The normalized spacial score (nSPS) is 14.7. The fourth-order valence-corrected chi connectivity index (χ4v) is 0.970. The van der Waals surface area contributed by atoms with Crippen LogP contribution in [0, 0.1) is 0 Å². The molecule has 11 heavy (non-hydrogen) atoms. The van der Waals surface area contributed by atoms with Crippen LogP contribution in [0.4, 0.5) is 0 Å². The van der Waals surface area contributed by atoms with Gasteiger partial charge < -0.3 is 0 Å². The van der Waals surface area contributed by atoms with Crippen molar-refractivity contribution >= 4 is 12.0 Å². The van der Waals surface area contributed by atoms with Gasteiger partial charge in [0.1, 0.15) is 18.6 Å². The van der Waals surface area contributed by atoms with Crippen molar-refractivity contribution in [3.05, 3.63) is 23.8 Å². The van der Waals surface area contributed by atoms with Gasteiger partial charge in [-0.25, -0.2) is 9.97 Å². The molecule has 0 saturated carbocycles. The summed E-state index contributed by atoms with van der Waals surface area (Å²) in [5.74, 6) is -0.0371. The zero-order chi connectivity index (χ0) is 7.68. The van der Waals surface area contributed by atoms with Crippen LogP contribution in [0.3, 0.4) is 0 Å². The van der Waals surface area contributed by atoms with Crippen molar-refractivity contribution in [3.63, 3.8) is 0 Å². The highest BCUT2D eigenvalue weighted by atomic mass is 16.1. The van der Waals surface area contributed by atoms with E-state index < -0.39 is 0 Å². The number of ketones is 1. The molecule has 0 aliphatic carbocycles. The Bertz CT molecular complexity index is 332. The van der Waals surface area contributed by atoms with E-state index in [1.165, 1.54) is 6.33 Å². The Hall–Kier alpha value is -1.58. The van der Waals surface area contributed by atoms with E-state index in [0.717, 1.165) is 0 Å². The third-order valence-electron chi connectivity index (χ3n) is 1.47. The average molecular weight is 147 g/mol. The second kappa shape index (κ2) is 2.23. The standard InChI is InChI=1S/C7H5N3O/c11-6-3-8-1-5-2-9-4-10-7(5)6/h1-2,4H,3H2. The van der Waals surface area contributed by atoms with Crippen LogP contribution in [0.1, 0.15) is 16.1 Å². The van der Waals surface area contributed by atoms with Gasteiger partial charge in [-0.1, -0.05) is 0 Å². The van der Waals surface area contributed by atoms with Crippen LogP contribution in [0.15, 0.2) is 17.5 Å². The number of fused-ring (bicyclic) bond motifs is 1. The molecular formula is C7H5N3O. The number of carbonyl (C=O) groups is 1. The zero-order valence-electron chi connectivity index (χ0n) is 5.69. The van der Waals surface area contributed by atoms with Crippen LogP contribution >= 0.6 is 0 Å². The molecule has 2 rings (SSSR count). The Labute approximate surface area is 63.0 Å². The molecule has 54 valence electrons. The largest absolute Gasteiger partial charge is 0.290 e. The first-order valence-electron chi connectivity index (χ1n) is 3.21. The summed E-state index contributed by atoms with van der Waals surface area (Å²) in [7, 11) is 0. The fourth-order valence-electron chi connectivity index (χ4n) is 0.970. The molecule has 1 aromatic rings. The van der Waals surface area contributed by atoms with Crippen molar-refractivity contribution < 1.29 is 4.79 Å². The number of hydrogen-bond acceptors (Lipinski definition) is 4. The maximum atomic E-state index is 11.1. The molecule has 1 aliphatic rings. The van der Waals surface area contributed by atoms with Gasteiger partial charge in [0.25, 0.3) is 0 Å². The lowest BCUT2D eigenvalue weighted by Gasteiger charge is -2.04. The van der Waals surface area contributed by atoms with E-state index in [1.807, 2.05) is 0 Å². The molecule has 4 heteroatoms. The van der Waals surface area contributed by atoms with E-state index in [4.69, 9.17) is 0 Å². The molecule has 0 unspecified atom stereocenters. The minimum Gasteiger partial charge on any atom is -0.290 e. The Morgan fingerprint density at radius 3 is 3.18 bits per heavy atom. The maximum absolute atomic E-state index is 11.1. The number of carbonyl (C=O) groups excluding carboxylic acids is 1. The molecule has 2 heterocycles. The van der Waals surface area contributed by atoms with Crippen LogP contribution in [-0.2, 0) is 0 Å². The minimum atomic E-state index is -0.0371. The lowest BCUT2D eigenvalue weighted by molar-refractivity contribution is 0.0995. The van der Waals surface area contributed by atoms with Gasteiger partial charge in [0.15, 0.2) is 0 Å². The number of hydrogen-bond donors (Lipinski definition) is 0. The van der Waals surface area contributed by atoms with Crippen LogP contribution in [0.25, 0.3) is 0 Å². The second-order valence-electron chi connectivity index (χ2n) is 2.22. The molecule has 0 radical (unpaired) electrons. The summed E-state index contributed by atoms with van der Waals surface area (Å²) >= 11 is 0. The van der Waals surface area contributed by atoms with E-state index in [-0.39, 0.29) is 12.3 Å². The number of Topliss-reactive ketones (excluding diaryl/α,β-unsaturated/α-hetero) is 1. The maximum Gasteiger partial charge on any atom is 0.203 e. The summed E-state index contributed by atoms with van der Waals surface area (Å²) in [4.78, 5) is 22.6. The van der Waals surface area contributed by atoms with Gasteiger partial charge in [-0.3, -0.25) is 9.79 Å². The summed E-state index contributed by atoms with van der Waals surface area (Å²) in [6, 6.07) is 0. The lowest BCUT2D eigenvalue weighted by Crippen LogP contribution is -2.14. The molecule has 0 spiro atoms. The third-order valence-corrected chi connectivity index (χ3v) is 1.47. The highest BCUT2D eigenvalue weighted by molar-refractivity contribution is 6.06. The minimum absolute atomic E-state index is 0.0371. The first-order valence-corrected chi connectivity index (χ1v) is 3.21. The Balaban J connectivity index is 2.63. The molecule has 4 nitrogen and oxygen atoms in total. The number of aromatic nitrogens is 2. The summed E-state index contributed by atoms with van der Waals surface area (Å²) in [6.07, 6.45) is 4.58. The molecule has 0 fully saturated rings. The predicted molar refractivity (Wildman–Crippen MR) is 38.8 cm³/mol. The molecule has 0 atom stereocenters. The first-order chi connectivity index (χ1) is 5.38. The summed E-state index contributed by atoms with van der Waals surface area (Å²) in [5.41, 5.74) is 1.19. The number of nitrogens with zero attached hydrogens (tertiary/aromatic N) is 3. The average Bonchev–Trinajstić information content (AvgIpc) is 2.06. The van der Waals surface area contributed by atoms with E-state index in [0.29, 0.717) is 11.3 Å². The highest BCUT2D eigenvalue weighted by Gasteiger charge is 2.14. The summed E-state index contributed by atoms with van der Waals surface area (Å²) in [5, 5.41) is 0. The van der Waals surface area contributed by atoms with Crippen LogP contribution in [0.5, 0.6) is 0 Å². The quantitative estimate of drug-likeness (QED) is 0.522. The Morgan fingerprint density at radius 1 is 1.45 bits per heavy atom. The van der Waals surface area contributed by atoms with Gasteiger partial charge in [-0.15, -0.1) is 0 Å². The molecule has 0 saturated heterocycles. The van der Waals surface area contributed by atoms with Gasteiger partial charge in [-0.05, 0) is 0 Å². The lowest BCUT2D eigenvalue weighted by atomic mass is 10.1. The second-order valence-corrected chi connectivity index (χ2v) is 2.22. The van der Waals surface area contributed by atoms with E-state index >= 15 is 0 Å². The summed E-state index contributed by atoms with van der Waals surface area (Å²) < 4.78 is 0. The molecule has 0 aromatic carbocycles. The van der Waals surface area contributed by atoms with Crippen LogP contribution < -0.4 is 0 Å². The molecule has 1 aromatic heterocycles. The smallest absolute Gasteiger partial charge is 0.203 e. The third kappa shape index (κ3) is 0.920. The van der Waals surface area contributed by atoms with E-state index in [2.05, 4.69) is 15.0 Å². The van der Waals surface area contributed by atoms with Gasteiger partial charge in [0, 0.05) is 18.0 Å². The molecule has 0 N–H and O–H groups in total. The number of aliphatic imine (C=N–C) groups is 1. The van der Waals surface area contributed by atoms with E-state index in [1.54, 1.807) is 12.4 Å². The van der Waals surface area contributed by atoms with Crippen molar-refractivity contribution in [3.8, 4) is 0 Å². The van der Waals surface area contributed by atoms with Crippen molar-refractivity contribution in [2.45, 2.75) is 0 Å². The topological polar surface area (TPSA) is 55.2 Å². The summed E-state index contributed by atoms with van der Waals surface area (Å²) in [6.45, 7) is 0.212. The Kier molecular flexibility index (Phi) is 1.25. The van der Waals surface area contributed by atoms with Crippen molar-refractivity contribution in [1.29, 1.82) is 0 Å². The van der Waals surface area contributed by atoms with Crippen molar-refractivity contribution in [2.75, 3.05) is 6.54 Å². The Morgan fingerprint density at radius 2 is 2.36 bits per heavy atom. The monoisotopic (exact) mass is 147 g/mol. The van der Waals surface area contributed by atoms with Gasteiger partial charge in [0.2, 0.25) is 5.78 Å².